The Balaban J connectivity index is 0.000000166. The van der Waals surface area contributed by atoms with Crippen LogP contribution in [0.5, 0.6) is 0 Å². The number of carboxylic acids is 1. The summed E-state index contributed by atoms with van der Waals surface area (Å²) < 4.78 is 16.0. The predicted octanol–water partition coefficient (Wildman–Crippen LogP) is 7.05. The van der Waals surface area contributed by atoms with Gasteiger partial charge in [0.1, 0.15) is 19.0 Å². The number of hydrogen-bond donors (Lipinski definition) is 1. The summed E-state index contributed by atoms with van der Waals surface area (Å²) in [6.45, 7) is 8.25. The largest absolute Gasteiger partial charge is 0.476 e. The number of benzene rings is 3. The Kier molecular flexibility index (Phi) is 12.8. The van der Waals surface area contributed by atoms with Crippen LogP contribution in [0.1, 0.15) is 56.4 Å². The monoisotopic (exact) mass is 726 g/mol. The quantitative estimate of drug-likeness (QED) is 0.163. The Labute approximate surface area is 291 Å². The molecule has 1 N–H and O–H groups in total. The van der Waals surface area contributed by atoms with Gasteiger partial charge in [0.15, 0.2) is 17.1 Å². The first-order valence-corrected chi connectivity index (χ1v) is 16.0. The number of aromatic carboxylic acids is 1. The van der Waals surface area contributed by atoms with Gasteiger partial charge in [-0.2, -0.15) is 0 Å². The van der Waals surface area contributed by atoms with E-state index in [1.165, 1.54) is 12.5 Å². The van der Waals surface area contributed by atoms with Gasteiger partial charge in [-0.3, -0.25) is 0 Å². The zero-order valence-corrected chi connectivity index (χ0v) is 28.9. The van der Waals surface area contributed by atoms with Crippen LogP contribution in [0, 0.1) is 13.8 Å². The molecule has 0 spiro atoms. The van der Waals surface area contributed by atoms with E-state index in [0.29, 0.717) is 24.6 Å². The molecule has 0 fully saturated rings. The molecule has 3 aromatic heterocycles. The molecule has 0 bridgehead atoms. The molecular weight excluding hydrogens is 692 g/mol. The summed E-state index contributed by atoms with van der Waals surface area (Å²) in [7, 11) is 0. The van der Waals surface area contributed by atoms with Crippen LogP contribution in [-0.2, 0) is 9.47 Å². The van der Waals surface area contributed by atoms with Gasteiger partial charge in [-0.05, 0) is 81.3 Å². The molecular formula is C36H35BrN6O6. The van der Waals surface area contributed by atoms with Crippen LogP contribution < -0.4 is 0 Å². The van der Waals surface area contributed by atoms with Crippen molar-refractivity contribution in [1.82, 2.24) is 28.7 Å². The first kappa shape index (κ1) is 36.0. The molecule has 0 aliphatic heterocycles. The average molecular weight is 728 g/mol. The van der Waals surface area contributed by atoms with Crippen molar-refractivity contribution in [3.63, 3.8) is 0 Å². The molecule has 12 nitrogen and oxygen atoms in total. The van der Waals surface area contributed by atoms with Crippen LogP contribution >= 0.6 is 15.9 Å². The molecule has 0 unspecified atom stereocenters. The minimum Gasteiger partial charge on any atom is -0.476 e. The highest BCUT2D eigenvalue weighted by Crippen LogP contribution is 2.16. The highest BCUT2D eigenvalue weighted by atomic mass is 79.9. The van der Waals surface area contributed by atoms with E-state index in [2.05, 4.69) is 30.9 Å². The SMILES string of the molecule is CCOC(=O)c1cn(-c2cccc(Br)c2)cn1.CCOC(=O)c1cn(-c2cccc(C)c2)cn1.Cc1cccc(-n2cnc(C(=O)O)c2)c1. The van der Waals surface area contributed by atoms with Crippen molar-refractivity contribution in [3.8, 4) is 17.1 Å². The number of esters is 2. The third-order valence-electron chi connectivity index (χ3n) is 6.64. The van der Waals surface area contributed by atoms with Gasteiger partial charge in [0.25, 0.3) is 0 Å². The standard InChI is InChI=1S/C13H14N2O2.C12H11BrN2O2.C11H10N2O2/c1-3-17-13(16)12-8-15(9-14-12)11-6-4-5-10(2)7-11;1-2-17-12(16)11-7-15(8-14-11)10-5-3-4-9(13)6-10;1-8-3-2-4-9(5-8)13-6-10(11(14)15)12-7-13/h4-9H,3H2,1-2H3;3-8H,2H2,1H3;2-7H,1H3,(H,14,15). The molecule has 3 heterocycles. The van der Waals surface area contributed by atoms with E-state index in [4.69, 9.17) is 14.6 Å². The summed E-state index contributed by atoms with van der Waals surface area (Å²) in [5, 5.41) is 8.72. The van der Waals surface area contributed by atoms with E-state index in [1.807, 2.05) is 86.6 Å². The number of nitrogens with zero attached hydrogens (tertiary/aromatic N) is 6. The van der Waals surface area contributed by atoms with Gasteiger partial charge in [-0.15, -0.1) is 0 Å². The highest BCUT2D eigenvalue weighted by molar-refractivity contribution is 9.10. The number of imidazole rings is 3. The van der Waals surface area contributed by atoms with Gasteiger partial charge in [-0.1, -0.05) is 46.3 Å². The zero-order valence-electron chi connectivity index (χ0n) is 27.4. The molecule has 252 valence electrons. The zero-order chi connectivity index (χ0) is 35.3. The number of aryl methyl sites for hydroxylation is 2. The van der Waals surface area contributed by atoms with Crippen molar-refractivity contribution in [2.45, 2.75) is 27.7 Å². The lowest BCUT2D eigenvalue weighted by Gasteiger charge is -2.02. The molecule has 0 atom stereocenters. The van der Waals surface area contributed by atoms with E-state index in [1.54, 1.807) is 52.6 Å². The van der Waals surface area contributed by atoms with Crippen molar-refractivity contribution in [1.29, 1.82) is 0 Å². The van der Waals surface area contributed by atoms with Crippen LogP contribution in [0.4, 0.5) is 0 Å². The van der Waals surface area contributed by atoms with Gasteiger partial charge in [-0.25, -0.2) is 29.3 Å². The van der Waals surface area contributed by atoms with Gasteiger partial charge in [0, 0.05) is 40.1 Å². The summed E-state index contributed by atoms with van der Waals surface area (Å²) in [5.41, 5.74) is 5.80. The van der Waals surface area contributed by atoms with Gasteiger partial charge in [0.05, 0.1) is 13.2 Å². The number of ether oxygens (including phenoxy) is 2. The van der Waals surface area contributed by atoms with Crippen molar-refractivity contribution in [3.05, 3.63) is 143 Å². The number of aromatic nitrogens is 6. The Bertz CT molecular complexity index is 1930. The van der Waals surface area contributed by atoms with Gasteiger partial charge in [0.2, 0.25) is 0 Å². The van der Waals surface area contributed by atoms with E-state index in [9.17, 15) is 14.4 Å². The maximum absolute atomic E-state index is 11.5. The van der Waals surface area contributed by atoms with Crippen LogP contribution in [0.3, 0.4) is 0 Å². The molecule has 0 aliphatic rings. The second-order valence-electron chi connectivity index (χ2n) is 10.4. The summed E-state index contributed by atoms with van der Waals surface area (Å²) in [4.78, 5) is 45.4. The normalized spacial score (nSPS) is 10.2. The molecule has 0 radical (unpaired) electrons. The fraction of sp³-hybridized carbons (Fsp3) is 0.167. The number of carboxylic acid groups (broad SMARTS) is 1. The van der Waals surface area contributed by atoms with Gasteiger partial charge >= 0.3 is 17.9 Å². The molecule has 0 amide bonds. The Hall–Kier alpha value is -5.82. The summed E-state index contributed by atoms with van der Waals surface area (Å²) in [5.74, 6) is -1.80. The summed E-state index contributed by atoms with van der Waals surface area (Å²) in [6, 6.07) is 23.5. The third-order valence-corrected chi connectivity index (χ3v) is 7.14. The van der Waals surface area contributed by atoms with E-state index < -0.39 is 11.9 Å². The van der Waals surface area contributed by atoms with E-state index in [-0.39, 0.29) is 11.7 Å². The fourth-order valence-corrected chi connectivity index (χ4v) is 4.72. The Morgan fingerprint density at radius 1 is 0.633 bits per heavy atom. The number of hydrogen-bond acceptors (Lipinski definition) is 8. The lowest BCUT2D eigenvalue weighted by Crippen LogP contribution is -2.04. The Morgan fingerprint density at radius 2 is 1.02 bits per heavy atom. The molecule has 0 aliphatic carbocycles. The summed E-state index contributed by atoms with van der Waals surface area (Å²) >= 11 is 3.39. The lowest BCUT2D eigenvalue weighted by molar-refractivity contribution is 0.0510. The van der Waals surface area contributed by atoms with E-state index in [0.717, 1.165) is 32.7 Å². The maximum Gasteiger partial charge on any atom is 0.358 e. The molecule has 13 heteroatoms. The number of rotatable bonds is 8. The molecule has 49 heavy (non-hydrogen) atoms. The minimum atomic E-state index is -1.01. The van der Waals surface area contributed by atoms with Gasteiger partial charge < -0.3 is 28.3 Å². The number of carbonyl (C=O) groups excluding carboxylic acids is 2. The number of carbonyl (C=O) groups is 3. The van der Waals surface area contributed by atoms with E-state index >= 15 is 0 Å². The topological polar surface area (TPSA) is 143 Å². The minimum absolute atomic E-state index is 0.0523. The van der Waals surface area contributed by atoms with Crippen LogP contribution in [-0.4, -0.2) is 64.9 Å². The second-order valence-corrected chi connectivity index (χ2v) is 11.3. The third kappa shape index (κ3) is 10.3. The van der Waals surface area contributed by atoms with Crippen LogP contribution in [0.25, 0.3) is 17.1 Å². The fourth-order valence-electron chi connectivity index (χ4n) is 4.34. The lowest BCUT2D eigenvalue weighted by atomic mass is 10.2. The predicted molar refractivity (Wildman–Crippen MR) is 187 cm³/mol. The molecule has 3 aromatic carbocycles. The first-order chi connectivity index (χ1) is 23.6. The second kappa shape index (κ2) is 17.4. The van der Waals surface area contributed by atoms with Crippen LogP contribution in [0.15, 0.2) is 115 Å². The Morgan fingerprint density at radius 3 is 1.39 bits per heavy atom. The smallest absolute Gasteiger partial charge is 0.358 e. The molecule has 0 saturated carbocycles. The summed E-state index contributed by atoms with van der Waals surface area (Å²) in [6.07, 6.45) is 9.52. The van der Waals surface area contributed by atoms with Crippen molar-refractivity contribution < 1.29 is 29.0 Å². The van der Waals surface area contributed by atoms with Crippen molar-refractivity contribution >= 4 is 33.8 Å². The van der Waals surface area contributed by atoms with Crippen LogP contribution in [0.2, 0.25) is 0 Å². The highest BCUT2D eigenvalue weighted by Gasteiger charge is 2.12. The first-order valence-electron chi connectivity index (χ1n) is 15.2. The molecule has 6 aromatic rings. The number of halogens is 1. The van der Waals surface area contributed by atoms with Crippen molar-refractivity contribution in [2.24, 2.45) is 0 Å². The molecule has 6 rings (SSSR count). The maximum atomic E-state index is 11.5. The average Bonchev–Trinajstić information content (AvgIpc) is 3.88. The molecule has 0 saturated heterocycles. The van der Waals surface area contributed by atoms with Crippen molar-refractivity contribution in [2.75, 3.05) is 13.2 Å².